The quantitative estimate of drug-likeness (QED) is 0.789. The van der Waals surface area contributed by atoms with E-state index in [0.29, 0.717) is 10.4 Å². The molecule has 10 heteroatoms. The van der Waals surface area contributed by atoms with Gasteiger partial charge < -0.3 is 0 Å². The van der Waals surface area contributed by atoms with Crippen molar-refractivity contribution in [2.75, 3.05) is 29.4 Å². The number of sulfonamides is 2. The van der Waals surface area contributed by atoms with Gasteiger partial charge in [-0.3, -0.25) is 4.31 Å². The standard InChI is InChI=1S/C11H16F2N2O4S2/c1-3-21(18,19)14-6-7-15(20(2,16)17)11-5-4-9(12)8-10(11)13/h4-5,8,14H,3,6-7H2,1-2H3. The van der Waals surface area contributed by atoms with Crippen LogP contribution in [0.25, 0.3) is 0 Å². The molecule has 0 aromatic heterocycles. The van der Waals surface area contributed by atoms with Crippen LogP contribution >= 0.6 is 0 Å². The summed E-state index contributed by atoms with van der Waals surface area (Å²) < 4.78 is 75.3. The summed E-state index contributed by atoms with van der Waals surface area (Å²) in [7, 11) is -7.33. The number of nitrogens with zero attached hydrogens (tertiary/aromatic N) is 1. The minimum absolute atomic E-state index is 0.156. The van der Waals surface area contributed by atoms with Crippen molar-refractivity contribution in [2.24, 2.45) is 0 Å². The molecule has 0 aliphatic heterocycles. The zero-order chi connectivity index (χ0) is 16.3. The summed E-state index contributed by atoms with van der Waals surface area (Å²) in [6.07, 6.45) is 0.851. The van der Waals surface area contributed by atoms with Crippen molar-refractivity contribution in [3.63, 3.8) is 0 Å². The summed E-state index contributed by atoms with van der Waals surface area (Å²) in [4.78, 5) is 0. The van der Waals surface area contributed by atoms with E-state index in [1.165, 1.54) is 6.92 Å². The van der Waals surface area contributed by atoms with E-state index in [1.807, 2.05) is 0 Å². The molecule has 0 unspecified atom stereocenters. The molecular formula is C11H16F2N2O4S2. The number of hydrogen-bond donors (Lipinski definition) is 1. The van der Waals surface area contributed by atoms with E-state index in [1.54, 1.807) is 0 Å². The van der Waals surface area contributed by atoms with Crippen LogP contribution in [-0.2, 0) is 20.0 Å². The molecule has 0 saturated heterocycles. The SMILES string of the molecule is CCS(=O)(=O)NCCN(c1ccc(F)cc1F)S(C)(=O)=O. The number of benzene rings is 1. The summed E-state index contributed by atoms with van der Waals surface area (Å²) >= 11 is 0. The Kier molecular flexibility index (Phi) is 5.65. The molecule has 120 valence electrons. The second-order valence-electron chi connectivity index (χ2n) is 4.23. The van der Waals surface area contributed by atoms with Crippen molar-refractivity contribution >= 4 is 25.7 Å². The first-order chi connectivity index (χ1) is 9.57. The van der Waals surface area contributed by atoms with E-state index in [9.17, 15) is 25.6 Å². The van der Waals surface area contributed by atoms with E-state index in [2.05, 4.69) is 4.72 Å². The third-order valence-corrected chi connectivity index (χ3v) is 5.18. The Morgan fingerprint density at radius 1 is 1.19 bits per heavy atom. The molecule has 1 rings (SSSR count). The monoisotopic (exact) mass is 342 g/mol. The highest BCUT2D eigenvalue weighted by molar-refractivity contribution is 7.92. The average Bonchev–Trinajstić information content (AvgIpc) is 2.34. The van der Waals surface area contributed by atoms with Crippen molar-refractivity contribution in [1.82, 2.24) is 4.72 Å². The second kappa shape index (κ2) is 6.67. The lowest BCUT2D eigenvalue weighted by Gasteiger charge is -2.23. The van der Waals surface area contributed by atoms with Gasteiger partial charge in [-0.2, -0.15) is 0 Å². The van der Waals surface area contributed by atoms with E-state index >= 15 is 0 Å². The topological polar surface area (TPSA) is 83.6 Å². The second-order valence-corrected chi connectivity index (χ2v) is 8.23. The highest BCUT2D eigenvalue weighted by atomic mass is 32.2. The maximum Gasteiger partial charge on any atom is 0.232 e. The fourth-order valence-corrected chi connectivity index (χ4v) is 3.09. The van der Waals surface area contributed by atoms with Gasteiger partial charge in [0.25, 0.3) is 0 Å². The zero-order valence-electron chi connectivity index (χ0n) is 11.5. The summed E-state index contributed by atoms with van der Waals surface area (Å²) in [5, 5.41) is 0. The van der Waals surface area contributed by atoms with Gasteiger partial charge in [0, 0.05) is 19.2 Å². The highest BCUT2D eigenvalue weighted by Crippen LogP contribution is 2.22. The first-order valence-corrected chi connectivity index (χ1v) is 9.47. The smallest absolute Gasteiger partial charge is 0.232 e. The van der Waals surface area contributed by atoms with E-state index in [0.717, 1.165) is 18.4 Å². The number of hydrogen-bond acceptors (Lipinski definition) is 4. The van der Waals surface area contributed by atoms with Crippen molar-refractivity contribution in [2.45, 2.75) is 6.92 Å². The van der Waals surface area contributed by atoms with E-state index in [4.69, 9.17) is 0 Å². The molecule has 0 aliphatic carbocycles. The molecule has 0 atom stereocenters. The summed E-state index contributed by atoms with van der Waals surface area (Å²) in [6, 6.07) is 2.47. The van der Waals surface area contributed by atoms with Crippen LogP contribution < -0.4 is 9.03 Å². The molecule has 0 bridgehead atoms. The summed E-state index contributed by atoms with van der Waals surface area (Å²) in [5.41, 5.74) is -0.338. The molecule has 0 heterocycles. The lowest BCUT2D eigenvalue weighted by molar-refractivity contribution is 0.571. The molecule has 1 aromatic carbocycles. The van der Waals surface area contributed by atoms with Gasteiger partial charge in [-0.1, -0.05) is 0 Å². The Bertz CT molecular complexity index is 705. The van der Waals surface area contributed by atoms with Crippen LogP contribution in [0.1, 0.15) is 6.92 Å². The van der Waals surface area contributed by atoms with Gasteiger partial charge in [-0.25, -0.2) is 30.3 Å². The molecule has 0 saturated carbocycles. The number of anilines is 1. The number of halogens is 2. The van der Waals surface area contributed by atoms with Gasteiger partial charge in [0.2, 0.25) is 20.0 Å². The highest BCUT2D eigenvalue weighted by Gasteiger charge is 2.21. The molecule has 6 nitrogen and oxygen atoms in total. The molecule has 21 heavy (non-hydrogen) atoms. The Balaban J connectivity index is 2.98. The first-order valence-electron chi connectivity index (χ1n) is 5.97. The maximum absolute atomic E-state index is 13.7. The molecule has 0 radical (unpaired) electrons. The van der Waals surface area contributed by atoms with Crippen LogP contribution in [0, 0.1) is 11.6 Å². The minimum Gasteiger partial charge on any atom is -0.266 e. The molecule has 0 fully saturated rings. The lowest BCUT2D eigenvalue weighted by atomic mass is 10.3. The molecule has 0 aliphatic rings. The van der Waals surface area contributed by atoms with Crippen LogP contribution in [-0.4, -0.2) is 41.9 Å². The van der Waals surface area contributed by atoms with Gasteiger partial charge >= 0.3 is 0 Å². The Labute approximate surface area is 122 Å². The Morgan fingerprint density at radius 3 is 2.29 bits per heavy atom. The third kappa shape index (κ3) is 5.21. The van der Waals surface area contributed by atoms with Crippen LogP contribution in [0.4, 0.5) is 14.5 Å². The summed E-state index contributed by atoms with van der Waals surface area (Å²) in [5.74, 6) is -2.04. The van der Waals surface area contributed by atoms with Gasteiger partial charge in [-0.15, -0.1) is 0 Å². The maximum atomic E-state index is 13.7. The number of nitrogens with one attached hydrogen (secondary N) is 1. The van der Waals surface area contributed by atoms with E-state index < -0.39 is 31.7 Å². The molecule has 0 spiro atoms. The zero-order valence-corrected chi connectivity index (χ0v) is 13.1. The largest absolute Gasteiger partial charge is 0.266 e. The summed E-state index contributed by atoms with van der Waals surface area (Å²) in [6.45, 7) is 0.900. The lowest BCUT2D eigenvalue weighted by Crippen LogP contribution is -2.39. The number of rotatable bonds is 7. The van der Waals surface area contributed by atoms with Crippen LogP contribution in [0.3, 0.4) is 0 Å². The van der Waals surface area contributed by atoms with Crippen molar-refractivity contribution in [1.29, 1.82) is 0 Å². The van der Waals surface area contributed by atoms with Gasteiger partial charge in [0.05, 0.1) is 17.7 Å². The predicted octanol–water partition coefficient (Wildman–Crippen LogP) is 0.670. The first kappa shape index (κ1) is 17.8. The molecule has 0 amide bonds. The van der Waals surface area contributed by atoms with Crippen LogP contribution in [0.5, 0.6) is 0 Å². The van der Waals surface area contributed by atoms with E-state index in [-0.39, 0.29) is 24.5 Å². The van der Waals surface area contributed by atoms with Gasteiger partial charge in [-0.05, 0) is 19.1 Å². The van der Waals surface area contributed by atoms with Gasteiger partial charge in [0.1, 0.15) is 11.6 Å². The normalized spacial score (nSPS) is 12.4. The molecular weight excluding hydrogens is 326 g/mol. The fourth-order valence-electron chi connectivity index (χ4n) is 1.55. The van der Waals surface area contributed by atoms with Crippen molar-refractivity contribution in [3.8, 4) is 0 Å². The predicted molar refractivity (Wildman–Crippen MR) is 76.0 cm³/mol. The Hall–Kier alpha value is -1.26. The van der Waals surface area contributed by atoms with Crippen LogP contribution in [0.15, 0.2) is 18.2 Å². The Morgan fingerprint density at radius 2 is 1.81 bits per heavy atom. The fraction of sp³-hybridized carbons (Fsp3) is 0.455. The van der Waals surface area contributed by atoms with Crippen molar-refractivity contribution < 1.29 is 25.6 Å². The average molecular weight is 342 g/mol. The molecule has 1 N–H and O–H groups in total. The minimum atomic E-state index is -3.84. The van der Waals surface area contributed by atoms with Gasteiger partial charge in [0.15, 0.2) is 0 Å². The van der Waals surface area contributed by atoms with Crippen LogP contribution in [0.2, 0.25) is 0 Å². The molecule has 1 aromatic rings. The van der Waals surface area contributed by atoms with Crippen molar-refractivity contribution in [3.05, 3.63) is 29.8 Å². The third-order valence-electron chi connectivity index (χ3n) is 2.60.